The minimum absolute atomic E-state index is 0.0946. The molecule has 1 atom stereocenters. The minimum atomic E-state index is -3.55. The molecule has 0 bridgehead atoms. The Kier molecular flexibility index (Phi) is 9.15. The third-order valence-corrected chi connectivity index (χ3v) is 7.70. The summed E-state index contributed by atoms with van der Waals surface area (Å²) in [7, 11) is -3.55. The van der Waals surface area contributed by atoms with Gasteiger partial charge in [0.15, 0.2) is 11.5 Å². The number of piperidine rings is 1. The first-order valence-electron chi connectivity index (χ1n) is 11.4. The van der Waals surface area contributed by atoms with Crippen LogP contribution in [0.1, 0.15) is 32.3 Å². The Hall–Kier alpha value is -1.88. The zero-order valence-corrected chi connectivity index (χ0v) is 19.9. The molecule has 0 spiro atoms. The van der Waals surface area contributed by atoms with E-state index in [2.05, 4.69) is 5.32 Å². The van der Waals surface area contributed by atoms with Gasteiger partial charge in [-0.05, 0) is 50.8 Å². The van der Waals surface area contributed by atoms with Crippen molar-refractivity contribution in [1.82, 2.24) is 13.9 Å². The van der Waals surface area contributed by atoms with Crippen LogP contribution in [0.2, 0.25) is 0 Å². The maximum atomic E-state index is 12.9. The Morgan fingerprint density at radius 1 is 1.09 bits per heavy atom. The summed E-state index contributed by atoms with van der Waals surface area (Å²) in [5, 5.41) is 2.98. The lowest BCUT2D eigenvalue weighted by Crippen LogP contribution is -2.53. The van der Waals surface area contributed by atoms with Gasteiger partial charge in [0, 0.05) is 32.7 Å². The van der Waals surface area contributed by atoms with E-state index >= 15 is 0 Å². The molecule has 1 aromatic rings. The van der Waals surface area contributed by atoms with Crippen molar-refractivity contribution < 1.29 is 27.4 Å². The molecule has 2 aliphatic heterocycles. The molecule has 180 valence electrons. The second-order valence-electron chi connectivity index (χ2n) is 7.90. The lowest BCUT2D eigenvalue weighted by Gasteiger charge is -2.36. The molecule has 1 N–H and O–H groups in total. The molecule has 0 radical (unpaired) electrons. The largest absolute Gasteiger partial charge is 0.490 e. The number of benzene rings is 1. The zero-order valence-electron chi connectivity index (χ0n) is 19.0. The molecule has 2 saturated heterocycles. The third kappa shape index (κ3) is 6.34. The van der Waals surface area contributed by atoms with Crippen LogP contribution in [0.15, 0.2) is 18.2 Å². The van der Waals surface area contributed by atoms with E-state index in [1.807, 2.05) is 32.0 Å². The summed E-state index contributed by atoms with van der Waals surface area (Å²) >= 11 is 0. The first-order valence-corrected chi connectivity index (χ1v) is 12.8. The predicted octanol–water partition coefficient (Wildman–Crippen LogP) is 1.43. The summed E-state index contributed by atoms with van der Waals surface area (Å²) in [6, 6.07) is 5.80. The number of hydrogen-bond donors (Lipinski definition) is 1. The minimum Gasteiger partial charge on any atom is -0.490 e. The molecule has 3 rings (SSSR count). The lowest BCUT2D eigenvalue weighted by atomic mass is 9.99. The summed E-state index contributed by atoms with van der Waals surface area (Å²) in [5.41, 5.74) is 1.04. The number of morpholine rings is 1. The van der Waals surface area contributed by atoms with Gasteiger partial charge in [-0.3, -0.25) is 4.79 Å². The van der Waals surface area contributed by atoms with E-state index in [1.54, 1.807) is 0 Å². The van der Waals surface area contributed by atoms with Gasteiger partial charge in [-0.25, -0.2) is 0 Å². The topological polar surface area (TPSA) is 97.4 Å². The molecule has 9 nitrogen and oxygen atoms in total. The van der Waals surface area contributed by atoms with Crippen molar-refractivity contribution in [2.24, 2.45) is 5.92 Å². The monoisotopic (exact) mass is 469 g/mol. The summed E-state index contributed by atoms with van der Waals surface area (Å²) in [5.74, 6) is 0.988. The van der Waals surface area contributed by atoms with Gasteiger partial charge in [0.1, 0.15) is 0 Å². The Bertz CT molecular complexity index is 857. The van der Waals surface area contributed by atoms with Crippen LogP contribution < -0.4 is 14.8 Å². The highest BCUT2D eigenvalue weighted by atomic mass is 32.2. The van der Waals surface area contributed by atoms with Gasteiger partial charge in [0.05, 0.1) is 32.3 Å². The van der Waals surface area contributed by atoms with Gasteiger partial charge in [-0.15, -0.1) is 0 Å². The van der Waals surface area contributed by atoms with Gasteiger partial charge >= 0.3 is 0 Å². The van der Waals surface area contributed by atoms with Crippen molar-refractivity contribution in [3.8, 4) is 11.5 Å². The van der Waals surface area contributed by atoms with Crippen molar-refractivity contribution >= 4 is 16.1 Å². The van der Waals surface area contributed by atoms with Crippen LogP contribution in [0.25, 0.3) is 0 Å². The van der Waals surface area contributed by atoms with Crippen LogP contribution in [0, 0.1) is 5.92 Å². The Balaban J connectivity index is 1.52. The smallest absolute Gasteiger partial charge is 0.282 e. The summed E-state index contributed by atoms with van der Waals surface area (Å²) in [6.45, 7) is 7.67. The van der Waals surface area contributed by atoms with E-state index in [-0.39, 0.29) is 18.4 Å². The number of ether oxygens (including phenoxy) is 3. The van der Waals surface area contributed by atoms with Crippen molar-refractivity contribution in [2.45, 2.75) is 33.1 Å². The van der Waals surface area contributed by atoms with Crippen molar-refractivity contribution in [1.29, 1.82) is 0 Å². The maximum Gasteiger partial charge on any atom is 0.282 e. The fourth-order valence-electron chi connectivity index (χ4n) is 4.03. The molecule has 1 amide bonds. The second kappa shape index (κ2) is 11.8. The average Bonchev–Trinajstić information content (AvgIpc) is 2.81. The van der Waals surface area contributed by atoms with E-state index in [1.165, 1.54) is 8.61 Å². The number of nitrogens with zero attached hydrogens (tertiary/aromatic N) is 2. The first kappa shape index (κ1) is 24.8. The fraction of sp³-hybridized carbons (Fsp3) is 0.682. The molecule has 0 aliphatic carbocycles. The molecule has 32 heavy (non-hydrogen) atoms. The number of nitrogens with one attached hydrogen (secondary N) is 1. The number of carbonyl (C=O) groups is 1. The molecule has 2 heterocycles. The molecule has 0 aromatic heterocycles. The van der Waals surface area contributed by atoms with Crippen LogP contribution in [-0.2, 0) is 26.2 Å². The Morgan fingerprint density at radius 2 is 1.81 bits per heavy atom. The van der Waals surface area contributed by atoms with Crippen LogP contribution in [0.5, 0.6) is 11.5 Å². The molecule has 2 aliphatic rings. The second-order valence-corrected chi connectivity index (χ2v) is 9.83. The normalized spacial score (nSPS) is 20.6. The van der Waals surface area contributed by atoms with Crippen LogP contribution in [0.3, 0.4) is 0 Å². The van der Waals surface area contributed by atoms with E-state index in [0.717, 1.165) is 5.56 Å². The highest BCUT2D eigenvalue weighted by molar-refractivity contribution is 7.86. The highest BCUT2D eigenvalue weighted by Crippen LogP contribution is 2.28. The summed E-state index contributed by atoms with van der Waals surface area (Å²) in [6.07, 6.45) is 2.03. The number of carbonyl (C=O) groups excluding carboxylic acids is 1. The molecule has 2 fully saturated rings. The van der Waals surface area contributed by atoms with Gasteiger partial charge in [0.25, 0.3) is 10.2 Å². The van der Waals surface area contributed by atoms with E-state index in [4.69, 9.17) is 14.2 Å². The van der Waals surface area contributed by atoms with Gasteiger partial charge in [-0.1, -0.05) is 6.07 Å². The first-order chi connectivity index (χ1) is 15.5. The van der Waals surface area contributed by atoms with Gasteiger partial charge < -0.3 is 19.5 Å². The summed E-state index contributed by atoms with van der Waals surface area (Å²) < 4.78 is 45.2. The SMILES string of the molecule is CCOc1ccc(CCNC(=O)[C@@H]2CCCN(S(=O)(=O)N3CCOCC3)C2)cc1OCC. The number of rotatable bonds is 10. The fourth-order valence-corrected chi connectivity index (χ4v) is 5.70. The zero-order chi connectivity index (χ0) is 23.0. The maximum absolute atomic E-state index is 12.9. The molecule has 1 aromatic carbocycles. The number of amides is 1. The standard InChI is InChI=1S/C22H35N3O6S/c1-3-30-20-8-7-18(16-21(20)31-4-2)9-10-23-22(26)19-6-5-11-25(17-19)32(27,28)24-12-14-29-15-13-24/h7-8,16,19H,3-6,9-15,17H2,1-2H3,(H,23,26)/t19-/m1/s1. The molecule has 0 unspecified atom stereocenters. The predicted molar refractivity (Wildman–Crippen MR) is 121 cm³/mol. The quantitative estimate of drug-likeness (QED) is 0.557. The summed E-state index contributed by atoms with van der Waals surface area (Å²) in [4.78, 5) is 12.7. The van der Waals surface area contributed by atoms with Crippen molar-refractivity contribution in [3.05, 3.63) is 23.8 Å². The van der Waals surface area contributed by atoms with Crippen molar-refractivity contribution in [2.75, 3.05) is 59.2 Å². The lowest BCUT2D eigenvalue weighted by molar-refractivity contribution is -0.126. The van der Waals surface area contributed by atoms with Gasteiger partial charge in [0.2, 0.25) is 5.91 Å². The Morgan fingerprint density at radius 3 is 2.53 bits per heavy atom. The molecular formula is C22H35N3O6S. The van der Waals surface area contributed by atoms with Crippen LogP contribution in [0.4, 0.5) is 0 Å². The number of hydrogen-bond acceptors (Lipinski definition) is 6. The third-order valence-electron chi connectivity index (χ3n) is 5.70. The molecule has 10 heteroatoms. The van der Waals surface area contributed by atoms with E-state index in [9.17, 15) is 13.2 Å². The van der Waals surface area contributed by atoms with Crippen LogP contribution >= 0.6 is 0 Å². The van der Waals surface area contributed by atoms with E-state index < -0.39 is 10.2 Å². The van der Waals surface area contributed by atoms with Crippen molar-refractivity contribution in [3.63, 3.8) is 0 Å². The molecule has 0 saturated carbocycles. The van der Waals surface area contributed by atoms with Gasteiger partial charge in [-0.2, -0.15) is 17.0 Å². The molecular weight excluding hydrogens is 434 g/mol. The van der Waals surface area contributed by atoms with E-state index in [0.29, 0.717) is 83.4 Å². The van der Waals surface area contributed by atoms with Crippen LogP contribution in [-0.4, -0.2) is 82.1 Å². The Labute approximate surface area is 191 Å². The average molecular weight is 470 g/mol. The highest BCUT2D eigenvalue weighted by Gasteiger charge is 2.36.